The highest BCUT2D eigenvalue weighted by molar-refractivity contribution is 5.99. The molecule has 2 aromatic carbocycles. The summed E-state index contributed by atoms with van der Waals surface area (Å²) in [6, 6.07) is 7.74. The van der Waals surface area contributed by atoms with Crippen molar-refractivity contribution in [1.29, 1.82) is 0 Å². The van der Waals surface area contributed by atoms with Crippen LogP contribution in [-0.2, 0) is 6.54 Å². The van der Waals surface area contributed by atoms with Crippen molar-refractivity contribution in [2.45, 2.75) is 6.54 Å². The minimum atomic E-state index is -0.653. The fraction of sp³-hybridized carbons (Fsp3) is 0.0714. The largest absolute Gasteiger partial charge is 0.399 e. The Morgan fingerprint density at radius 2 is 1.90 bits per heavy atom. The van der Waals surface area contributed by atoms with Crippen LogP contribution in [0.2, 0.25) is 0 Å². The number of hydrogen-bond donors (Lipinski definition) is 3. The predicted molar refractivity (Wildman–Crippen MR) is 73.1 cm³/mol. The van der Waals surface area contributed by atoms with E-state index in [-0.39, 0.29) is 17.7 Å². The van der Waals surface area contributed by atoms with E-state index in [4.69, 9.17) is 11.5 Å². The minimum Gasteiger partial charge on any atom is -0.399 e. The Bertz CT molecular complexity index is 659. The average Bonchev–Trinajstić information content (AvgIpc) is 2.40. The number of carbonyl (C=O) groups excluding carboxylic acids is 1. The van der Waals surface area contributed by atoms with Gasteiger partial charge in [0.25, 0.3) is 5.91 Å². The zero-order valence-corrected chi connectivity index (χ0v) is 10.5. The van der Waals surface area contributed by atoms with Crippen molar-refractivity contribution in [3.8, 4) is 0 Å². The SMILES string of the molecule is NC(=O)c1cc(N)ccc1NCc1cc(F)ccc1F. The first-order chi connectivity index (χ1) is 9.47. The van der Waals surface area contributed by atoms with Gasteiger partial charge in [-0.3, -0.25) is 4.79 Å². The lowest BCUT2D eigenvalue weighted by Gasteiger charge is -2.11. The van der Waals surface area contributed by atoms with Crippen molar-refractivity contribution >= 4 is 17.3 Å². The van der Waals surface area contributed by atoms with Gasteiger partial charge in [0.05, 0.1) is 5.56 Å². The lowest BCUT2D eigenvalue weighted by Crippen LogP contribution is -2.15. The fourth-order valence-electron chi connectivity index (χ4n) is 1.79. The number of halogens is 2. The van der Waals surface area contributed by atoms with Crippen molar-refractivity contribution in [3.05, 3.63) is 59.2 Å². The Kier molecular flexibility index (Phi) is 3.84. The van der Waals surface area contributed by atoms with Crippen LogP contribution in [0.4, 0.5) is 20.2 Å². The number of benzene rings is 2. The van der Waals surface area contributed by atoms with Crippen LogP contribution in [0.5, 0.6) is 0 Å². The standard InChI is InChI=1S/C14H13F2N3O/c15-9-1-3-12(16)8(5-9)7-19-13-4-2-10(17)6-11(13)14(18)20/h1-6,19H,7,17H2,(H2,18,20). The van der Waals surface area contributed by atoms with Crippen molar-refractivity contribution < 1.29 is 13.6 Å². The van der Waals surface area contributed by atoms with Crippen LogP contribution in [0, 0.1) is 11.6 Å². The van der Waals surface area contributed by atoms with Crippen molar-refractivity contribution in [2.24, 2.45) is 5.73 Å². The lowest BCUT2D eigenvalue weighted by atomic mass is 10.1. The summed E-state index contributed by atoms with van der Waals surface area (Å²) in [5, 5.41) is 2.84. The number of carbonyl (C=O) groups is 1. The zero-order valence-electron chi connectivity index (χ0n) is 10.5. The van der Waals surface area contributed by atoms with Crippen molar-refractivity contribution in [1.82, 2.24) is 0 Å². The Morgan fingerprint density at radius 1 is 1.15 bits per heavy atom. The number of nitrogen functional groups attached to an aromatic ring is 1. The molecular formula is C14H13F2N3O. The molecule has 2 aromatic rings. The molecule has 0 radical (unpaired) electrons. The van der Waals surface area contributed by atoms with Gasteiger partial charge in [0.1, 0.15) is 11.6 Å². The van der Waals surface area contributed by atoms with E-state index in [1.54, 1.807) is 12.1 Å². The van der Waals surface area contributed by atoms with Gasteiger partial charge < -0.3 is 16.8 Å². The van der Waals surface area contributed by atoms with Crippen LogP contribution in [0.25, 0.3) is 0 Å². The quantitative estimate of drug-likeness (QED) is 0.750. The lowest BCUT2D eigenvalue weighted by molar-refractivity contribution is 0.100. The van der Waals surface area contributed by atoms with Crippen LogP contribution in [0.15, 0.2) is 36.4 Å². The summed E-state index contributed by atoms with van der Waals surface area (Å²) in [6.45, 7) is 0.0216. The van der Waals surface area contributed by atoms with Crippen LogP contribution < -0.4 is 16.8 Å². The second-order valence-corrected chi connectivity index (χ2v) is 4.26. The molecule has 0 saturated carbocycles. The molecule has 2 rings (SSSR count). The smallest absolute Gasteiger partial charge is 0.250 e. The molecule has 6 heteroatoms. The Balaban J connectivity index is 2.23. The number of rotatable bonds is 4. The number of hydrogen-bond acceptors (Lipinski definition) is 3. The van der Waals surface area contributed by atoms with Gasteiger partial charge >= 0.3 is 0 Å². The van der Waals surface area contributed by atoms with Gasteiger partial charge in [-0.25, -0.2) is 8.78 Å². The monoisotopic (exact) mass is 277 g/mol. The van der Waals surface area contributed by atoms with E-state index in [1.165, 1.54) is 6.07 Å². The molecule has 104 valence electrons. The van der Waals surface area contributed by atoms with Crippen LogP contribution in [0.3, 0.4) is 0 Å². The number of amides is 1. The molecule has 0 spiro atoms. The van der Waals surface area contributed by atoms with Gasteiger partial charge in [-0.05, 0) is 36.4 Å². The van der Waals surface area contributed by atoms with Gasteiger partial charge in [0, 0.05) is 23.5 Å². The first-order valence-corrected chi connectivity index (χ1v) is 5.84. The number of nitrogens with one attached hydrogen (secondary N) is 1. The van der Waals surface area contributed by atoms with Crippen LogP contribution in [0.1, 0.15) is 15.9 Å². The van der Waals surface area contributed by atoms with Crippen molar-refractivity contribution in [2.75, 3.05) is 11.1 Å². The second kappa shape index (κ2) is 5.56. The molecule has 0 aliphatic heterocycles. The molecule has 0 bridgehead atoms. The molecule has 0 unspecified atom stereocenters. The third-order valence-corrected chi connectivity index (χ3v) is 2.79. The highest BCUT2D eigenvalue weighted by Crippen LogP contribution is 2.20. The molecule has 0 aromatic heterocycles. The molecule has 20 heavy (non-hydrogen) atoms. The molecule has 5 N–H and O–H groups in total. The van der Waals surface area contributed by atoms with E-state index in [0.717, 1.165) is 18.2 Å². The summed E-state index contributed by atoms with van der Waals surface area (Å²) in [4.78, 5) is 11.3. The van der Waals surface area contributed by atoms with E-state index < -0.39 is 17.5 Å². The summed E-state index contributed by atoms with van der Waals surface area (Å²) in [5.74, 6) is -1.72. The first-order valence-electron chi connectivity index (χ1n) is 5.84. The summed E-state index contributed by atoms with van der Waals surface area (Å²) in [5.41, 5.74) is 12.0. The van der Waals surface area contributed by atoms with Crippen LogP contribution in [-0.4, -0.2) is 5.91 Å². The second-order valence-electron chi connectivity index (χ2n) is 4.26. The summed E-state index contributed by atoms with van der Waals surface area (Å²) in [7, 11) is 0. The topological polar surface area (TPSA) is 81.1 Å². The van der Waals surface area contributed by atoms with Gasteiger partial charge in [0.2, 0.25) is 0 Å². The van der Waals surface area contributed by atoms with Gasteiger partial charge in [-0.1, -0.05) is 0 Å². The maximum absolute atomic E-state index is 13.5. The third kappa shape index (κ3) is 3.03. The van der Waals surface area contributed by atoms with E-state index in [9.17, 15) is 13.6 Å². The Morgan fingerprint density at radius 3 is 2.60 bits per heavy atom. The number of anilines is 2. The highest BCUT2D eigenvalue weighted by atomic mass is 19.1. The molecular weight excluding hydrogens is 264 g/mol. The van der Waals surface area contributed by atoms with Crippen molar-refractivity contribution in [3.63, 3.8) is 0 Å². The van der Waals surface area contributed by atoms with Crippen LogP contribution >= 0.6 is 0 Å². The molecule has 0 saturated heterocycles. The fourth-order valence-corrected chi connectivity index (χ4v) is 1.79. The van der Waals surface area contributed by atoms with Gasteiger partial charge in [-0.2, -0.15) is 0 Å². The number of primary amides is 1. The van der Waals surface area contributed by atoms with E-state index in [1.807, 2.05) is 0 Å². The molecule has 0 aliphatic carbocycles. The highest BCUT2D eigenvalue weighted by Gasteiger charge is 2.10. The van der Waals surface area contributed by atoms with Gasteiger partial charge in [-0.15, -0.1) is 0 Å². The molecule has 0 fully saturated rings. The number of nitrogens with two attached hydrogens (primary N) is 2. The zero-order chi connectivity index (χ0) is 14.7. The summed E-state index contributed by atoms with van der Waals surface area (Å²) < 4.78 is 26.5. The van der Waals surface area contributed by atoms with E-state index in [2.05, 4.69) is 5.32 Å². The minimum absolute atomic E-state index is 0.0216. The molecule has 0 heterocycles. The molecule has 1 amide bonds. The van der Waals surface area contributed by atoms with E-state index in [0.29, 0.717) is 11.4 Å². The maximum atomic E-state index is 13.5. The summed E-state index contributed by atoms with van der Waals surface area (Å²) in [6.07, 6.45) is 0. The third-order valence-electron chi connectivity index (χ3n) is 2.79. The Labute approximate surface area is 114 Å². The predicted octanol–water partition coefficient (Wildman–Crippen LogP) is 2.26. The maximum Gasteiger partial charge on any atom is 0.250 e. The Hall–Kier alpha value is -2.63. The summed E-state index contributed by atoms with van der Waals surface area (Å²) >= 11 is 0. The molecule has 0 aliphatic rings. The molecule has 0 atom stereocenters. The molecule has 4 nitrogen and oxygen atoms in total. The average molecular weight is 277 g/mol. The van der Waals surface area contributed by atoms with Gasteiger partial charge in [0.15, 0.2) is 0 Å². The normalized spacial score (nSPS) is 10.3. The van der Waals surface area contributed by atoms with E-state index >= 15 is 0 Å². The first kappa shape index (κ1) is 13.8.